The molecular formula is C13H24N2O2. The molecule has 2 rings (SSSR count). The van der Waals surface area contributed by atoms with E-state index in [4.69, 9.17) is 4.74 Å². The first kappa shape index (κ1) is 12.8. The zero-order valence-corrected chi connectivity index (χ0v) is 10.9. The average molecular weight is 240 g/mol. The van der Waals surface area contributed by atoms with E-state index in [1.807, 2.05) is 11.9 Å². The van der Waals surface area contributed by atoms with Crippen LogP contribution in [0, 0.1) is 5.92 Å². The van der Waals surface area contributed by atoms with E-state index in [2.05, 4.69) is 12.2 Å². The molecule has 0 saturated carbocycles. The Kier molecular flexibility index (Phi) is 4.40. The van der Waals surface area contributed by atoms with Crippen LogP contribution in [-0.4, -0.2) is 49.7 Å². The summed E-state index contributed by atoms with van der Waals surface area (Å²) < 4.78 is 5.58. The number of carbonyl (C=O) groups is 1. The van der Waals surface area contributed by atoms with Crippen molar-refractivity contribution in [2.75, 3.05) is 26.7 Å². The highest BCUT2D eigenvalue weighted by Crippen LogP contribution is 2.20. The largest absolute Gasteiger partial charge is 0.376 e. The van der Waals surface area contributed by atoms with Crippen molar-refractivity contribution in [1.29, 1.82) is 0 Å². The predicted octanol–water partition coefficient (Wildman–Crippen LogP) is 1.01. The van der Waals surface area contributed by atoms with Crippen LogP contribution in [0.5, 0.6) is 0 Å². The quantitative estimate of drug-likeness (QED) is 0.800. The Hall–Kier alpha value is -0.610. The Morgan fingerprint density at radius 1 is 1.47 bits per heavy atom. The lowest BCUT2D eigenvalue weighted by Crippen LogP contribution is -2.44. The molecule has 0 aromatic heterocycles. The molecule has 98 valence electrons. The van der Waals surface area contributed by atoms with E-state index in [9.17, 15) is 4.79 Å². The Morgan fingerprint density at radius 2 is 2.29 bits per heavy atom. The van der Waals surface area contributed by atoms with Crippen LogP contribution in [0.4, 0.5) is 0 Å². The standard InChI is InChI=1S/C13H24N2O2/c1-10-8-11(5-6-14-10)13(16)15(2)9-12-4-3-7-17-12/h10-12,14H,3-9H2,1-2H3/t10-,11-,12?/m0/s1. The van der Waals surface area contributed by atoms with Crippen molar-refractivity contribution >= 4 is 5.91 Å². The maximum absolute atomic E-state index is 12.3. The summed E-state index contributed by atoms with van der Waals surface area (Å²) in [7, 11) is 1.91. The molecule has 4 nitrogen and oxygen atoms in total. The molecule has 2 aliphatic heterocycles. The zero-order valence-electron chi connectivity index (χ0n) is 10.9. The van der Waals surface area contributed by atoms with E-state index >= 15 is 0 Å². The van der Waals surface area contributed by atoms with Gasteiger partial charge in [0.25, 0.3) is 0 Å². The number of hydrogen-bond acceptors (Lipinski definition) is 3. The van der Waals surface area contributed by atoms with Crippen molar-refractivity contribution in [3.8, 4) is 0 Å². The van der Waals surface area contributed by atoms with Gasteiger partial charge in [0.1, 0.15) is 0 Å². The molecule has 2 aliphatic rings. The van der Waals surface area contributed by atoms with Crippen molar-refractivity contribution in [2.24, 2.45) is 5.92 Å². The van der Waals surface area contributed by atoms with Gasteiger partial charge in [-0.15, -0.1) is 0 Å². The van der Waals surface area contributed by atoms with Crippen LogP contribution in [0.2, 0.25) is 0 Å². The summed E-state index contributed by atoms with van der Waals surface area (Å²) in [4.78, 5) is 14.1. The van der Waals surface area contributed by atoms with Gasteiger partial charge < -0.3 is 15.0 Å². The SMILES string of the molecule is C[C@H]1C[C@@H](C(=O)N(C)CC2CCCO2)CCN1. The maximum atomic E-state index is 12.3. The summed E-state index contributed by atoms with van der Waals surface area (Å²) in [5.41, 5.74) is 0. The number of amides is 1. The molecule has 0 bridgehead atoms. The maximum Gasteiger partial charge on any atom is 0.225 e. The Labute approximate surface area is 104 Å². The van der Waals surface area contributed by atoms with Gasteiger partial charge in [-0.1, -0.05) is 0 Å². The van der Waals surface area contributed by atoms with Gasteiger partial charge in [0, 0.05) is 32.2 Å². The van der Waals surface area contributed by atoms with E-state index in [0.29, 0.717) is 11.9 Å². The molecule has 1 unspecified atom stereocenters. The van der Waals surface area contributed by atoms with Crippen molar-refractivity contribution < 1.29 is 9.53 Å². The van der Waals surface area contributed by atoms with Gasteiger partial charge in [-0.3, -0.25) is 4.79 Å². The van der Waals surface area contributed by atoms with Gasteiger partial charge in [-0.05, 0) is 39.2 Å². The third-order valence-electron chi connectivity index (χ3n) is 3.85. The minimum atomic E-state index is 0.206. The lowest BCUT2D eigenvalue weighted by atomic mass is 9.92. The Balaban J connectivity index is 1.81. The smallest absolute Gasteiger partial charge is 0.225 e. The van der Waals surface area contributed by atoms with E-state index in [1.54, 1.807) is 0 Å². The fourth-order valence-electron chi connectivity index (χ4n) is 2.85. The summed E-state index contributed by atoms with van der Waals surface area (Å²) in [5, 5.41) is 3.38. The van der Waals surface area contributed by atoms with Crippen LogP contribution < -0.4 is 5.32 Å². The van der Waals surface area contributed by atoms with Crippen LogP contribution in [0.1, 0.15) is 32.6 Å². The van der Waals surface area contributed by atoms with Crippen molar-refractivity contribution in [3.63, 3.8) is 0 Å². The van der Waals surface area contributed by atoms with E-state index in [1.165, 1.54) is 0 Å². The zero-order chi connectivity index (χ0) is 12.3. The molecule has 4 heteroatoms. The number of ether oxygens (including phenoxy) is 1. The van der Waals surface area contributed by atoms with Crippen molar-refractivity contribution in [1.82, 2.24) is 10.2 Å². The van der Waals surface area contributed by atoms with Crippen LogP contribution in [0.15, 0.2) is 0 Å². The van der Waals surface area contributed by atoms with Crippen molar-refractivity contribution in [2.45, 2.75) is 44.8 Å². The molecule has 17 heavy (non-hydrogen) atoms. The summed E-state index contributed by atoms with van der Waals surface area (Å²) in [6.07, 6.45) is 4.44. The van der Waals surface area contributed by atoms with Gasteiger partial charge in [-0.25, -0.2) is 0 Å². The number of rotatable bonds is 3. The minimum absolute atomic E-state index is 0.206. The molecule has 2 fully saturated rings. The number of nitrogens with zero attached hydrogens (tertiary/aromatic N) is 1. The highest BCUT2D eigenvalue weighted by molar-refractivity contribution is 5.78. The van der Waals surface area contributed by atoms with E-state index < -0.39 is 0 Å². The number of carbonyl (C=O) groups excluding carboxylic acids is 1. The van der Waals surface area contributed by atoms with Gasteiger partial charge >= 0.3 is 0 Å². The van der Waals surface area contributed by atoms with Crippen LogP contribution in [-0.2, 0) is 9.53 Å². The van der Waals surface area contributed by atoms with Crippen LogP contribution in [0.3, 0.4) is 0 Å². The third kappa shape index (κ3) is 3.42. The summed E-state index contributed by atoms with van der Waals surface area (Å²) in [6, 6.07) is 0.467. The van der Waals surface area contributed by atoms with Gasteiger partial charge in [0.2, 0.25) is 5.91 Å². The molecule has 0 aromatic rings. The molecule has 1 N–H and O–H groups in total. The number of likely N-dealkylation sites (N-methyl/N-ethyl adjacent to an activating group) is 1. The first-order chi connectivity index (χ1) is 8.16. The first-order valence-electron chi connectivity index (χ1n) is 6.77. The summed E-state index contributed by atoms with van der Waals surface area (Å²) in [6.45, 7) is 4.74. The van der Waals surface area contributed by atoms with Gasteiger partial charge in [0.15, 0.2) is 0 Å². The summed E-state index contributed by atoms with van der Waals surface area (Å²) >= 11 is 0. The van der Waals surface area contributed by atoms with Gasteiger partial charge in [0.05, 0.1) is 6.10 Å². The van der Waals surface area contributed by atoms with Crippen LogP contribution >= 0.6 is 0 Å². The molecule has 1 amide bonds. The average Bonchev–Trinajstić information content (AvgIpc) is 2.80. The molecular weight excluding hydrogens is 216 g/mol. The number of hydrogen-bond donors (Lipinski definition) is 1. The monoisotopic (exact) mass is 240 g/mol. The summed E-state index contributed by atoms with van der Waals surface area (Å²) in [5.74, 6) is 0.506. The highest BCUT2D eigenvalue weighted by atomic mass is 16.5. The lowest BCUT2D eigenvalue weighted by Gasteiger charge is -2.31. The second kappa shape index (κ2) is 5.83. The second-order valence-electron chi connectivity index (χ2n) is 5.43. The fourth-order valence-corrected chi connectivity index (χ4v) is 2.85. The first-order valence-corrected chi connectivity index (χ1v) is 6.77. The highest BCUT2D eigenvalue weighted by Gasteiger charge is 2.28. The molecule has 0 aromatic carbocycles. The second-order valence-corrected chi connectivity index (χ2v) is 5.43. The molecule has 0 spiro atoms. The van der Waals surface area contributed by atoms with Crippen LogP contribution in [0.25, 0.3) is 0 Å². The fraction of sp³-hybridized carbons (Fsp3) is 0.923. The Bertz CT molecular complexity index is 264. The topological polar surface area (TPSA) is 41.6 Å². The molecule has 2 saturated heterocycles. The van der Waals surface area contributed by atoms with Gasteiger partial charge in [-0.2, -0.15) is 0 Å². The number of piperidine rings is 1. The predicted molar refractivity (Wildman–Crippen MR) is 66.8 cm³/mol. The lowest BCUT2D eigenvalue weighted by molar-refractivity contribution is -0.136. The van der Waals surface area contributed by atoms with Crippen molar-refractivity contribution in [3.05, 3.63) is 0 Å². The van der Waals surface area contributed by atoms with E-state index in [0.717, 1.165) is 45.4 Å². The normalized spacial score (nSPS) is 33.6. The third-order valence-corrected chi connectivity index (χ3v) is 3.85. The molecule has 0 aliphatic carbocycles. The number of nitrogens with one attached hydrogen (secondary N) is 1. The Morgan fingerprint density at radius 3 is 2.94 bits per heavy atom. The molecule has 2 heterocycles. The minimum Gasteiger partial charge on any atom is -0.376 e. The molecule has 0 radical (unpaired) electrons. The van der Waals surface area contributed by atoms with E-state index in [-0.39, 0.29) is 12.0 Å². The molecule has 3 atom stereocenters.